The molecule has 156 valence electrons. The van der Waals surface area contributed by atoms with E-state index in [1.165, 1.54) is 12.1 Å². The fourth-order valence-corrected chi connectivity index (χ4v) is 4.61. The summed E-state index contributed by atoms with van der Waals surface area (Å²) in [5.41, 5.74) is 3.47. The van der Waals surface area contributed by atoms with Crippen LogP contribution in [0.3, 0.4) is 0 Å². The van der Waals surface area contributed by atoms with Crippen molar-refractivity contribution < 1.29 is 9.18 Å². The molecule has 31 heavy (non-hydrogen) atoms. The molecule has 0 N–H and O–H groups in total. The molecular weight excluding hydrogens is 436 g/mol. The number of carbonyl (C=O) groups is 1. The number of carbonyl (C=O) groups excluding carboxylic acids is 1. The lowest BCUT2D eigenvalue weighted by Crippen LogP contribution is -2.24. The smallest absolute Gasteiger partial charge is 0.227 e. The molecule has 1 atom stereocenters. The number of aromatic nitrogens is 2. The van der Waals surface area contributed by atoms with Gasteiger partial charge in [0.05, 0.1) is 17.6 Å². The first-order chi connectivity index (χ1) is 15.0. The molecule has 1 unspecified atom stereocenters. The fourth-order valence-electron chi connectivity index (χ4n) is 4.14. The van der Waals surface area contributed by atoms with Crippen molar-refractivity contribution in [2.45, 2.75) is 18.9 Å². The molecule has 4 nitrogen and oxygen atoms in total. The van der Waals surface area contributed by atoms with E-state index in [1.54, 1.807) is 23.1 Å². The number of para-hydroxylation sites is 2. The lowest BCUT2D eigenvalue weighted by atomic mass is 10.1. The predicted octanol–water partition coefficient (Wildman–Crippen LogP) is 6.05. The number of amides is 1. The standard InChI is InChI=1S/C24H18Cl2FN3O/c25-17-6-5-15(20(26)12-17)13-30-22-4-2-1-3-21(22)28-24(30)16-11-23(31)29(14-16)19-9-7-18(27)8-10-19/h1-10,12,16H,11,13-14H2. The Morgan fingerprint density at radius 1 is 1.03 bits per heavy atom. The van der Waals surface area contributed by atoms with Crippen molar-refractivity contribution in [1.29, 1.82) is 0 Å². The van der Waals surface area contributed by atoms with Crippen LogP contribution in [0.1, 0.15) is 23.7 Å². The zero-order valence-electron chi connectivity index (χ0n) is 16.4. The largest absolute Gasteiger partial charge is 0.323 e. The molecule has 5 rings (SSSR count). The summed E-state index contributed by atoms with van der Waals surface area (Å²) in [6.45, 7) is 1.01. The third kappa shape index (κ3) is 3.80. The highest BCUT2D eigenvalue weighted by atomic mass is 35.5. The van der Waals surface area contributed by atoms with Crippen molar-refractivity contribution in [3.8, 4) is 0 Å². The summed E-state index contributed by atoms with van der Waals surface area (Å²) < 4.78 is 15.4. The molecule has 0 saturated carbocycles. The maximum atomic E-state index is 13.3. The van der Waals surface area contributed by atoms with Crippen LogP contribution in [0.15, 0.2) is 66.7 Å². The van der Waals surface area contributed by atoms with E-state index >= 15 is 0 Å². The van der Waals surface area contributed by atoms with Gasteiger partial charge >= 0.3 is 0 Å². The molecule has 3 aromatic carbocycles. The molecule has 1 aliphatic rings. The van der Waals surface area contributed by atoms with Crippen LogP contribution in [0.2, 0.25) is 10.0 Å². The summed E-state index contributed by atoms with van der Waals surface area (Å²) in [6, 6.07) is 19.4. The number of benzene rings is 3. The van der Waals surface area contributed by atoms with Gasteiger partial charge in [0.25, 0.3) is 0 Å². The summed E-state index contributed by atoms with van der Waals surface area (Å²) >= 11 is 12.5. The van der Waals surface area contributed by atoms with Crippen LogP contribution in [-0.4, -0.2) is 22.0 Å². The minimum atomic E-state index is -0.325. The number of hydrogen-bond donors (Lipinski definition) is 0. The van der Waals surface area contributed by atoms with Gasteiger partial charge in [-0.05, 0) is 54.1 Å². The SMILES string of the molecule is O=C1CC(c2nc3ccccc3n2Cc2ccc(Cl)cc2Cl)CN1c1ccc(F)cc1. The van der Waals surface area contributed by atoms with Crippen LogP contribution in [0, 0.1) is 5.82 Å². The normalized spacial score (nSPS) is 16.4. The molecular formula is C24H18Cl2FN3O. The van der Waals surface area contributed by atoms with E-state index in [2.05, 4.69) is 4.57 Å². The van der Waals surface area contributed by atoms with Gasteiger partial charge in [-0.15, -0.1) is 0 Å². The predicted molar refractivity (Wildman–Crippen MR) is 121 cm³/mol. The number of fused-ring (bicyclic) bond motifs is 1. The van der Waals surface area contributed by atoms with Crippen LogP contribution in [-0.2, 0) is 11.3 Å². The molecule has 1 aliphatic heterocycles. The third-order valence-corrected chi connectivity index (χ3v) is 6.24. The molecule has 1 amide bonds. The van der Waals surface area contributed by atoms with Gasteiger partial charge in [0.2, 0.25) is 5.91 Å². The second kappa shape index (κ2) is 7.98. The summed E-state index contributed by atoms with van der Waals surface area (Å²) in [7, 11) is 0. The van der Waals surface area contributed by atoms with Gasteiger partial charge in [-0.2, -0.15) is 0 Å². The van der Waals surface area contributed by atoms with Gasteiger partial charge in [-0.1, -0.05) is 41.4 Å². The van der Waals surface area contributed by atoms with E-state index in [4.69, 9.17) is 28.2 Å². The second-order valence-electron chi connectivity index (χ2n) is 7.66. The zero-order valence-corrected chi connectivity index (χ0v) is 17.9. The summed E-state index contributed by atoms with van der Waals surface area (Å²) in [4.78, 5) is 19.3. The summed E-state index contributed by atoms with van der Waals surface area (Å²) in [5.74, 6) is 0.425. The Morgan fingerprint density at radius 2 is 1.81 bits per heavy atom. The number of anilines is 1. The fraction of sp³-hybridized carbons (Fsp3) is 0.167. The first kappa shape index (κ1) is 20.0. The first-order valence-electron chi connectivity index (χ1n) is 9.94. The number of imidazole rings is 1. The highest BCUT2D eigenvalue weighted by molar-refractivity contribution is 6.35. The minimum Gasteiger partial charge on any atom is -0.323 e. The van der Waals surface area contributed by atoms with Crippen molar-refractivity contribution in [2.75, 3.05) is 11.4 Å². The molecule has 0 bridgehead atoms. The molecule has 7 heteroatoms. The van der Waals surface area contributed by atoms with E-state index in [1.807, 2.05) is 36.4 Å². The van der Waals surface area contributed by atoms with Crippen molar-refractivity contribution >= 4 is 45.8 Å². The van der Waals surface area contributed by atoms with Gasteiger partial charge in [0.1, 0.15) is 11.6 Å². The molecule has 2 heterocycles. The molecule has 0 aliphatic carbocycles. The van der Waals surface area contributed by atoms with E-state index < -0.39 is 0 Å². The van der Waals surface area contributed by atoms with Crippen molar-refractivity contribution in [1.82, 2.24) is 9.55 Å². The first-order valence-corrected chi connectivity index (χ1v) is 10.7. The van der Waals surface area contributed by atoms with Gasteiger partial charge in [-0.25, -0.2) is 9.37 Å². The highest BCUT2D eigenvalue weighted by Gasteiger charge is 2.35. The van der Waals surface area contributed by atoms with Gasteiger partial charge < -0.3 is 9.47 Å². The minimum absolute atomic E-state index is 0.000241. The van der Waals surface area contributed by atoms with Gasteiger partial charge in [0, 0.05) is 34.6 Å². The van der Waals surface area contributed by atoms with Crippen molar-refractivity contribution in [2.24, 2.45) is 0 Å². The molecule has 4 aromatic rings. The molecule has 1 fully saturated rings. The number of hydrogen-bond acceptors (Lipinski definition) is 2. The van der Waals surface area contributed by atoms with Crippen molar-refractivity contribution in [3.05, 3.63) is 94.0 Å². The zero-order chi connectivity index (χ0) is 21.5. The van der Waals surface area contributed by atoms with E-state index in [9.17, 15) is 9.18 Å². The highest BCUT2D eigenvalue weighted by Crippen LogP contribution is 2.34. The van der Waals surface area contributed by atoms with Gasteiger partial charge in [-0.3, -0.25) is 4.79 Å². The number of rotatable bonds is 4. The number of nitrogens with zero attached hydrogens (tertiary/aromatic N) is 3. The van der Waals surface area contributed by atoms with Crippen LogP contribution in [0.4, 0.5) is 10.1 Å². The van der Waals surface area contributed by atoms with Crippen molar-refractivity contribution in [3.63, 3.8) is 0 Å². The van der Waals surface area contributed by atoms with Crippen LogP contribution < -0.4 is 4.90 Å². The van der Waals surface area contributed by atoms with Crippen LogP contribution in [0.25, 0.3) is 11.0 Å². The maximum absolute atomic E-state index is 13.3. The number of halogens is 3. The Morgan fingerprint density at radius 3 is 2.58 bits per heavy atom. The Hall–Kier alpha value is -2.89. The molecule has 0 radical (unpaired) electrons. The average Bonchev–Trinajstić information content (AvgIpc) is 3.31. The lowest BCUT2D eigenvalue weighted by molar-refractivity contribution is -0.117. The molecule has 1 saturated heterocycles. The third-order valence-electron chi connectivity index (χ3n) is 5.66. The monoisotopic (exact) mass is 453 g/mol. The van der Waals surface area contributed by atoms with E-state index in [-0.39, 0.29) is 17.6 Å². The Bertz CT molecular complexity index is 1290. The Labute approximate surface area is 188 Å². The van der Waals surface area contributed by atoms with E-state index in [0.717, 1.165) is 22.4 Å². The van der Waals surface area contributed by atoms with Crippen LogP contribution in [0.5, 0.6) is 0 Å². The van der Waals surface area contributed by atoms with Gasteiger partial charge in [0.15, 0.2) is 0 Å². The van der Waals surface area contributed by atoms with Crippen LogP contribution >= 0.6 is 23.2 Å². The Kier molecular flexibility index (Phi) is 5.16. The summed E-state index contributed by atoms with van der Waals surface area (Å²) in [6.07, 6.45) is 0.342. The average molecular weight is 454 g/mol. The quantitative estimate of drug-likeness (QED) is 0.377. The second-order valence-corrected chi connectivity index (χ2v) is 8.51. The Balaban J connectivity index is 1.53. The molecule has 1 aromatic heterocycles. The van der Waals surface area contributed by atoms with E-state index in [0.29, 0.717) is 35.2 Å². The lowest BCUT2D eigenvalue weighted by Gasteiger charge is -2.18. The summed E-state index contributed by atoms with van der Waals surface area (Å²) in [5, 5.41) is 1.17. The maximum Gasteiger partial charge on any atom is 0.227 e. The molecule has 0 spiro atoms. The topological polar surface area (TPSA) is 38.1 Å².